The van der Waals surface area contributed by atoms with Crippen molar-refractivity contribution in [1.29, 1.82) is 0 Å². The second kappa shape index (κ2) is 6.16. The molecule has 3 rings (SSSR count). The van der Waals surface area contributed by atoms with E-state index < -0.39 is 0 Å². The molecule has 118 valence electrons. The summed E-state index contributed by atoms with van der Waals surface area (Å²) in [6, 6.07) is 13.7. The Balaban J connectivity index is 2.06. The number of aromatic amines is 1. The molecule has 3 aromatic rings. The molecular weight excluding hydrogens is 288 g/mol. The van der Waals surface area contributed by atoms with Crippen LogP contribution in [0.3, 0.4) is 0 Å². The van der Waals surface area contributed by atoms with E-state index in [9.17, 15) is 5.11 Å². The number of aliphatic imine (C=N–C) groups is 1. The van der Waals surface area contributed by atoms with Crippen LogP contribution < -0.4 is 4.74 Å². The normalized spacial score (nSPS) is 11.7. The highest BCUT2D eigenvalue weighted by atomic mass is 16.5. The molecule has 0 spiro atoms. The van der Waals surface area contributed by atoms with Crippen LogP contribution in [0, 0.1) is 0 Å². The number of H-pyrrole nitrogens is 1. The summed E-state index contributed by atoms with van der Waals surface area (Å²) in [7, 11) is 1.63. The van der Waals surface area contributed by atoms with Gasteiger partial charge in [0.25, 0.3) is 0 Å². The molecule has 0 atom stereocenters. The number of nitrogens with one attached hydrogen (secondary N) is 1. The van der Waals surface area contributed by atoms with Gasteiger partial charge in [-0.25, -0.2) is 0 Å². The third kappa shape index (κ3) is 2.93. The maximum Gasteiger partial charge on any atom is 0.198 e. The molecule has 0 saturated heterocycles. The first-order chi connectivity index (χ1) is 11.1. The van der Waals surface area contributed by atoms with Gasteiger partial charge in [0.05, 0.1) is 18.4 Å². The Morgan fingerprint density at radius 2 is 1.96 bits per heavy atom. The number of ether oxygens (including phenoxy) is 1. The molecule has 2 aromatic carbocycles. The van der Waals surface area contributed by atoms with Crippen molar-refractivity contribution in [3.8, 4) is 11.6 Å². The van der Waals surface area contributed by atoms with Crippen molar-refractivity contribution in [3.05, 3.63) is 53.6 Å². The fourth-order valence-electron chi connectivity index (χ4n) is 2.66. The van der Waals surface area contributed by atoms with E-state index >= 15 is 0 Å². The van der Waals surface area contributed by atoms with E-state index in [2.05, 4.69) is 29.9 Å². The highest BCUT2D eigenvalue weighted by molar-refractivity contribution is 6.03. The van der Waals surface area contributed by atoms with Crippen LogP contribution in [0.4, 0.5) is 5.69 Å². The number of aromatic nitrogens is 1. The molecule has 0 saturated carbocycles. The lowest BCUT2D eigenvalue weighted by molar-refractivity contribution is 0.415. The SMILES string of the molecule is COc1ccc2[nH]c(O)c(C=Nc3ccccc3C(C)C)c2c1. The van der Waals surface area contributed by atoms with Crippen LogP contribution in [0.2, 0.25) is 0 Å². The number of fused-ring (bicyclic) bond motifs is 1. The maximum absolute atomic E-state index is 10.2. The first kappa shape index (κ1) is 15.2. The lowest BCUT2D eigenvalue weighted by Gasteiger charge is -2.08. The molecule has 4 nitrogen and oxygen atoms in total. The number of hydrogen-bond donors (Lipinski definition) is 2. The van der Waals surface area contributed by atoms with Crippen LogP contribution in [-0.2, 0) is 0 Å². The van der Waals surface area contributed by atoms with Gasteiger partial charge in [-0.05, 0) is 35.7 Å². The molecule has 0 unspecified atom stereocenters. The van der Waals surface area contributed by atoms with Crippen LogP contribution in [0.15, 0.2) is 47.5 Å². The summed E-state index contributed by atoms with van der Waals surface area (Å²) < 4.78 is 5.26. The predicted molar refractivity (Wildman–Crippen MR) is 94.3 cm³/mol. The molecule has 0 aliphatic heterocycles. The first-order valence-corrected chi connectivity index (χ1v) is 7.62. The van der Waals surface area contributed by atoms with Gasteiger partial charge in [0, 0.05) is 17.1 Å². The van der Waals surface area contributed by atoms with Crippen LogP contribution >= 0.6 is 0 Å². The van der Waals surface area contributed by atoms with E-state index in [1.807, 2.05) is 36.4 Å². The predicted octanol–water partition coefficient (Wildman–Crippen LogP) is 4.76. The van der Waals surface area contributed by atoms with Gasteiger partial charge in [0.2, 0.25) is 0 Å². The van der Waals surface area contributed by atoms with Gasteiger partial charge < -0.3 is 14.8 Å². The Morgan fingerprint density at radius 3 is 2.70 bits per heavy atom. The molecule has 1 aromatic heterocycles. The Kier molecular flexibility index (Phi) is 4.06. The quantitative estimate of drug-likeness (QED) is 0.683. The Hall–Kier alpha value is -2.75. The Labute approximate surface area is 135 Å². The van der Waals surface area contributed by atoms with Crippen molar-refractivity contribution in [1.82, 2.24) is 4.98 Å². The van der Waals surface area contributed by atoms with Crippen LogP contribution in [0.5, 0.6) is 11.6 Å². The molecule has 0 aliphatic rings. The standard InChI is InChI=1S/C19H20N2O2/c1-12(2)14-6-4-5-7-17(14)20-11-16-15-10-13(23-3)8-9-18(15)21-19(16)22/h4-12,21-22H,1-3H3. The number of nitrogens with zero attached hydrogens (tertiary/aromatic N) is 1. The largest absolute Gasteiger partial charge is 0.497 e. The van der Waals surface area contributed by atoms with E-state index in [1.54, 1.807) is 13.3 Å². The van der Waals surface area contributed by atoms with Crippen molar-refractivity contribution in [2.45, 2.75) is 19.8 Å². The van der Waals surface area contributed by atoms with Gasteiger partial charge >= 0.3 is 0 Å². The smallest absolute Gasteiger partial charge is 0.198 e. The topological polar surface area (TPSA) is 57.6 Å². The minimum atomic E-state index is 0.110. The summed E-state index contributed by atoms with van der Waals surface area (Å²) in [4.78, 5) is 7.55. The van der Waals surface area contributed by atoms with Crippen LogP contribution in [-0.4, -0.2) is 23.4 Å². The van der Waals surface area contributed by atoms with E-state index in [-0.39, 0.29) is 5.88 Å². The van der Waals surface area contributed by atoms with Gasteiger partial charge in [-0.3, -0.25) is 4.99 Å². The third-order valence-corrected chi connectivity index (χ3v) is 3.92. The van der Waals surface area contributed by atoms with Crippen molar-refractivity contribution >= 4 is 22.8 Å². The van der Waals surface area contributed by atoms with Crippen molar-refractivity contribution in [2.75, 3.05) is 7.11 Å². The molecule has 0 bridgehead atoms. The van der Waals surface area contributed by atoms with E-state index in [0.29, 0.717) is 11.5 Å². The second-order valence-electron chi connectivity index (χ2n) is 5.77. The van der Waals surface area contributed by atoms with Gasteiger partial charge in [-0.15, -0.1) is 0 Å². The van der Waals surface area contributed by atoms with E-state index in [1.165, 1.54) is 5.56 Å². The number of hydrogen-bond acceptors (Lipinski definition) is 3. The molecule has 0 radical (unpaired) electrons. The Morgan fingerprint density at radius 1 is 1.17 bits per heavy atom. The minimum Gasteiger partial charge on any atom is -0.497 e. The summed E-state index contributed by atoms with van der Waals surface area (Å²) in [5.74, 6) is 1.24. The summed E-state index contributed by atoms with van der Waals surface area (Å²) in [6.07, 6.45) is 1.70. The minimum absolute atomic E-state index is 0.110. The lowest BCUT2D eigenvalue weighted by Crippen LogP contribution is -1.88. The zero-order valence-electron chi connectivity index (χ0n) is 13.5. The molecule has 2 N–H and O–H groups in total. The second-order valence-corrected chi connectivity index (χ2v) is 5.77. The van der Waals surface area contributed by atoms with E-state index in [4.69, 9.17) is 4.74 Å². The Bertz CT molecular complexity index is 863. The number of methoxy groups -OCH3 is 1. The molecule has 0 fully saturated rings. The molecular formula is C19H20N2O2. The zero-order valence-corrected chi connectivity index (χ0v) is 13.5. The summed E-state index contributed by atoms with van der Waals surface area (Å²) >= 11 is 0. The van der Waals surface area contributed by atoms with Gasteiger partial charge in [0.1, 0.15) is 5.75 Å². The summed E-state index contributed by atoms with van der Waals surface area (Å²) in [5.41, 5.74) is 3.61. The van der Waals surface area contributed by atoms with Crippen molar-refractivity contribution in [3.63, 3.8) is 0 Å². The number of para-hydroxylation sites is 1. The van der Waals surface area contributed by atoms with Gasteiger partial charge in [0.15, 0.2) is 5.88 Å². The van der Waals surface area contributed by atoms with Gasteiger partial charge in [-0.1, -0.05) is 32.0 Å². The number of rotatable bonds is 4. The molecule has 0 amide bonds. The zero-order chi connectivity index (χ0) is 16.4. The number of benzene rings is 2. The monoisotopic (exact) mass is 308 g/mol. The molecule has 23 heavy (non-hydrogen) atoms. The maximum atomic E-state index is 10.2. The fourth-order valence-corrected chi connectivity index (χ4v) is 2.66. The highest BCUT2D eigenvalue weighted by Crippen LogP contribution is 2.31. The average Bonchev–Trinajstić information content (AvgIpc) is 2.87. The van der Waals surface area contributed by atoms with Crippen molar-refractivity contribution in [2.24, 2.45) is 4.99 Å². The first-order valence-electron chi connectivity index (χ1n) is 7.62. The van der Waals surface area contributed by atoms with Crippen LogP contribution in [0.1, 0.15) is 30.9 Å². The summed E-state index contributed by atoms with van der Waals surface area (Å²) in [6.45, 7) is 4.28. The van der Waals surface area contributed by atoms with Crippen molar-refractivity contribution < 1.29 is 9.84 Å². The van der Waals surface area contributed by atoms with Crippen LogP contribution in [0.25, 0.3) is 10.9 Å². The average molecular weight is 308 g/mol. The molecule has 0 aliphatic carbocycles. The van der Waals surface area contributed by atoms with Gasteiger partial charge in [-0.2, -0.15) is 0 Å². The molecule has 1 heterocycles. The van der Waals surface area contributed by atoms with E-state index in [0.717, 1.165) is 22.3 Å². The molecule has 4 heteroatoms. The lowest BCUT2D eigenvalue weighted by atomic mass is 10.0. The highest BCUT2D eigenvalue weighted by Gasteiger charge is 2.10. The number of aromatic hydroxyl groups is 1. The third-order valence-electron chi connectivity index (χ3n) is 3.92. The summed E-state index contributed by atoms with van der Waals surface area (Å²) in [5, 5.41) is 11.0. The fraction of sp³-hybridized carbons (Fsp3) is 0.211.